The van der Waals surface area contributed by atoms with Crippen LogP contribution in [-0.4, -0.2) is 43.7 Å². The SMILES string of the molecule is CC(=O)OC(/C=C/c1ccccc1)c1ccccc1.CC[C@@H]1OC2(O[C@@H](CC)c3cccc(P(c4ccccc4)c4ccccc4)c32)c2c1cccc2P(c1ccccc1)c1ccccc1.COC(=O)C(C(C)=O)[C@H](/C=C/c1ccccc1)c1ccccc1.COC(=O)CC(C)=O.c1ccc(P(c2ccccc2)c2cccc3c2C2(CC3)CCc3cccc(P(c4ccccc4)c4ccccc4)c32)cc1. The van der Waals surface area contributed by atoms with Crippen LogP contribution in [0, 0.1) is 5.92 Å². The number of fused-ring (bicyclic) bond motifs is 8. The van der Waals surface area contributed by atoms with Gasteiger partial charge >= 0.3 is 17.9 Å². The number of Topliss-reactive ketones (excluding diaryl/α,β-unsaturated/α-hetero) is 2. The quantitative estimate of drug-likeness (QED) is 0.0223. The van der Waals surface area contributed by atoms with Gasteiger partial charge in [0.15, 0.2) is 0 Å². The summed E-state index contributed by atoms with van der Waals surface area (Å²) in [5, 5.41) is 16.8. The predicted octanol–water partition coefficient (Wildman–Crippen LogP) is 23.8. The number of rotatable bonds is 26. The molecule has 2 aliphatic carbocycles. The number of benzene rings is 16. The number of esters is 3. The second kappa shape index (κ2) is 48.3. The Hall–Kier alpha value is -13.6. The zero-order valence-electron chi connectivity index (χ0n) is 80.1. The lowest BCUT2D eigenvalue weighted by Crippen LogP contribution is -2.38. The summed E-state index contributed by atoms with van der Waals surface area (Å²) in [6, 6.07) is 156. The van der Waals surface area contributed by atoms with E-state index >= 15 is 0 Å². The van der Waals surface area contributed by atoms with Gasteiger partial charge in [-0.2, -0.15) is 0 Å². The van der Waals surface area contributed by atoms with Crippen molar-refractivity contribution in [2.45, 2.75) is 115 Å². The van der Waals surface area contributed by atoms with Crippen molar-refractivity contribution in [1.29, 1.82) is 0 Å². The molecule has 0 saturated carbocycles. The normalized spacial score (nSPS) is 14.8. The minimum atomic E-state index is -1.01. The number of carbonyl (C=O) groups is 5. The molecule has 0 saturated heterocycles. The molecule has 2 unspecified atom stereocenters. The molecule has 140 heavy (non-hydrogen) atoms. The maximum absolute atomic E-state index is 12.1. The molecule has 2 spiro atoms. The molecule has 14 heteroatoms. The molecule has 2 heterocycles. The molecule has 0 radical (unpaired) electrons. The van der Waals surface area contributed by atoms with Crippen LogP contribution >= 0.6 is 31.7 Å². The Balaban J connectivity index is 0.000000139. The number of carbonyl (C=O) groups excluding carboxylic acids is 5. The number of methoxy groups -OCH3 is 2. The highest BCUT2D eigenvalue weighted by atomic mass is 31.1. The lowest BCUT2D eigenvalue weighted by Gasteiger charge is -2.35. The number of allylic oxidation sites excluding steroid dienone is 1. The lowest BCUT2D eigenvalue weighted by molar-refractivity contribution is -0.235. The Kier molecular flexibility index (Phi) is 34.3. The standard InChI is InChI=1S/C43H38O2P2.C41H34P2.C20H20O3.C17H16O2.C5H8O3/c1-3-37-35-27-17-29-39(46(31-19-9-5-10-20-31)32-21-11-6-12-22-32)41(35)43(44-37)42-36(38(4-2)45-43)28-18-30-40(42)47(33-23-13-7-14-24-33)34-25-15-8-16-26-34;1-5-17-33(18-6-1)42(34-19-7-2-8-20-34)37-25-13-15-31-27-29-41(39(31)37)30-28-32-16-14-26-38(40(32)41)43(35-21-9-3-10-22-35)36-23-11-4-12-24-36;1-15(21)19(20(22)23-2)18(17-11-7-4-8-12-17)14-13-16-9-5-3-6-10-16;1-14(18)19-17(16-10-6-3-7-11-16)13-12-15-8-4-2-5-9-15;1-4(6)3-5(7)8-2/h5-30,37-38H,3-4H2,1-2H3;1-26H,27-30H2;3-14,18-19H,1-2H3;2-13,17H,1H3;3H2,1-2H3/b;;14-13+;13-12+;/t37-,38-,43?;;18-,19?;;/m0.1../s1. The van der Waals surface area contributed by atoms with Crippen molar-refractivity contribution in [3.8, 4) is 0 Å². The van der Waals surface area contributed by atoms with Crippen LogP contribution in [0.3, 0.4) is 0 Å². The van der Waals surface area contributed by atoms with Gasteiger partial charge in [-0.15, -0.1) is 0 Å². The van der Waals surface area contributed by atoms with Crippen molar-refractivity contribution in [2.75, 3.05) is 14.2 Å². The first-order valence-corrected chi connectivity index (χ1v) is 53.3. The van der Waals surface area contributed by atoms with Crippen molar-refractivity contribution >= 4 is 137 Å². The van der Waals surface area contributed by atoms with Gasteiger partial charge < -0.3 is 23.7 Å². The first kappa shape index (κ1) is 99.4. The molecule has 10 nitrogen and oxygen atoms in total. The van der Waals surface area contributed by atoms with E-state index in [2.05, 4.69) is 334 Å². The molecule has 20 rings (SSSR count). The van der Waals surface area contributed by atoms with Crippen LogP contribution in [0.4, 0.5) is 0 Å². The van der Waals surface area contributed by atoms with E-state index in [1.54, 1.807) is 32.9 Å². The highest BCUT2D eigenvalue weighted by molar-refractivity contribution is 7.81. The van der Waals surface area contributed by atoms with E-state index in [1.807, 2.05) is 146 Å². The maximum Gasteiger partial charge on any atom is 0.317 e. The minimum absolute atomic E-state index is 0.0478. The molecule has 700 valence electrons. The molecule has 16 aromatic rings. The van der Waals surface area contributed by atoms with E-state index in [4.69, 9.17) is 18.9 Å². The van der Waals surface area contributed by atoms with Crippen molar-refractivity contribution in [3.63, 3.8) is 0 Å². The van der Waals surface area contributed by atoms with Crippen molar-refractivity contribution in [2.24, 2.45) is 5.92 Å². The number of ketones is 2. The smallest absolute Gasteiger partial charge is 0.317 e. The van der Waals surface area contributed by atoms with Crippen LogP contribution in [0.1, 0.15) is 158 Å². The first-order chi connectivity index (χ1) is 68.6. The average molecular weight is 1910 g/mol. The van der Waals surface area contributed by atoms with Crippen molar-refractivity contribution in [3.05, 3.63) is 516 Å². The van der Waals surface area contributed by atoms with Gasteiger partial charge in [-0.05, 0) is 209 Å². The minimum Gasteiger partial charge on any atom is -0.469 e. The van der Waals surface area contributed by atoms with Gasteiger partial charge in [-0.25, -0.2) is 0 Å². The Morgan fingerprint density at radius 1 is 0.343 bits per heavy atom. The third-order valence-corrected chi connectivity index (χ3v) is 35.8. The van der Waals surface area contributed by atoms with E-state index < -0.39 is 55.3 Å². The summed E-state index contributed by atoms with van der Waals surface area (Å²) in [5.41, 5.74) is 15.3. The van der Waals surface area contributed by atoms with Crippen molar-refractivity contribution < 1.29 is 47.7 Å². The average Bonchev–Trinajstić information content (AvgIpc) is 1.53. The van der Waals surface area contributed by atoms with Crippen molar-refractivity contribution in [1.82, 2.24) is 0 Å². The lowest BCUT2D eigenvalue weighted by atomic mass is 9.76. The zero-order chi connectivity index (χ0) is 97.2. The monoisotopic (exact) mass is 1910 g/mol. The van der Waals surface area contributed by atoms with E-state index in [-0.39, 0.29) is 53.6 Å². The Morgan fingerprint density at radius 2 is 0.636 bits per heavy atom. The van der Waals surface area contributed by atoms with Crippen LogP contribution in [0.15, 0.2) is 449 Å². The number of ether oxygens (including phenoxy) is 5. The van der Waals surface area contributed by atoms with Crippen LogP contribution in [0.5, 0.6) is 0 Å². The second-order valence-corrected chi connectivity index (χ2v) is 43.6. The summed E-state index contributed by atoms with van der Waals surface area (Å²) in [4.78, 5) is 55.6. The van der Waals surface area contributed by atoms with E-state index in [1.165, 1.54) is 123 Å². The van der Waals surface area contributed by atoms with Gasteiger partial charge in [0, 0.05) is 29.4 Å². The molecular formula is C126H116O10P4. The molecule has 0 amide bonds. The van der Waals surface area contributed by atoms with Gasteiger partial charge in [-0.1, -0.05) is 469 Å². The van der Waals surface area contributed by atoms with E-state index in [9.17, 15) is 24.0 Å². The number of hydrogen-bond donors (Lipinski definition) is 0. The Labute approximate surface area is 829 Å². The van der Waals surface area contributed by atoms with Gasteiger partial charge in [-0.3, -0.25) is 24.0 Å². The fraction of sp³-hybridized carbons (Fsp3) is 0.167. The highest BCUT2D eigenvalue weighted by Gasteiger charge is 2.58. The van der Waals surface area contributed by atoms with Crippen LogP contribution < -0.4 is 63.7 Å². The summed E-state index contributed by atoms with van der Waals surface area (Å²) in [5.74, 6) is -3.86. The molecule has 5 atom stereocenters. The molecule has 2 aliphatic heterocycles. The maximum atomic E-state index is 12.1. The second-order valence-electron chi connectivity index (χ2n) is 34.8. The highest BCUT2D eigenvalue weighted by Crippen LogP contribution is 2.61. The van der Waals surface area contributed by atoms with Gasteiger partial charge in [0.1, 0.15) is 30.0 Å². The van der Waals surface area contributed by atoms with Crippen LogP contribution in [-0.2, 0) is 71.7 Å². The summed E-state index contributed by atoms with van der Waals surface area (Å²) >= 11 is 0. The molecule has 16 aromatic carbocycles. The van der Waals surface area contributed by atoms with E-state index in [0.717, 1.165) is 47.9 Å². The molecule has 0 N–H and O–H groups in total. The van der Waals surface area contributed by atoms with E-state index in [0.29, 0.717) is 0 Å². The molecule has 0 aromatic heterocycles. The summed E-state index contributed by atoms with van der Waals surface area (Å²) < 4.78 is 29.2. The Bertz CT molecular complexity index is 6400. The third kappa shape index (κ3) is 23.1. The van der Waals surface area contributed by atoms with Gasteiger partial charge in [0.05, 0.1) is 26.4 Å². The topological polar surface area (TPSA) is 132 Å². The molecule has 4 aliphatic rings. The van der Waals surface area contributed by atoms with Crippen LogP contribution in [0.25, 0.3) is 12.2 Å². The predicted molar refractivity (Wildman–Crippen MR) is 582 cm³/mol. The summed E-state index contributed by atoms with van der Waals surface area (Å²) in [7, 11) is -0.593. The van der Waals surface area contributed by atoms with Gasteiger partial charge in [0.25, 0.3) is 0 Å². The fourth-order valence-electron chi connectivity index (χ4n) is 19.7. The molecule has 0 bridgehead atoms. The van der Waals surface area contributed by atoms with Crippen LogP contribution in [0.2, 0.25) is 0 Å². The largest absolute Gasteiger partial charge is 0.469 e. The zero-order valence-corrected chi connectivity index (χ0v) is 83.7. The summed E-state index contributed by atoms with van der Waals surface area (Å²) in [6.45, 7) is 8.66. The number of hydrogen-bond acceptors (Lipinski definition) is 10. The molecule has 0 fully saturated rings. The Morgan fingerprint density at radius 3 is 0.921 bits per heavy atom. The van der Waals surface area contributed by atoms with Gasteiger partial charge in [0.2, 0.25) is 5.79 Å². The third-order valence-electron chi connectivity index (χ3n) is 25.8. The first-order valence-electron chi connectivity index (χ1n) is 48.0. The molecular weight excluding hydrogens is 1800 g/mol. The fourth-order valence-corrected chi connectivity index (χ4v) is 30.0. The summed E-state index contributed by atoms with van der Waals surface area (Å²) in [6.07, 6.45) is 13.5. The number of aryl methyl sites for hydroxylation is 2.